The lowest BCUT2D eigenvalue weighted by molar-refractivity contribution is -0.122. The van der Waals surface area contributed by atoms with E-state index in [-0.39, 0.29) is 29.6 Å². The van der Waals surface area contributed by atoms with Crippen molar-refractivity contribution in [3.05, 3.63) is 92.6 Å². The summed E-state index contributed by atoms with van der Waals surface area (Å²) in [7, 11) is 0.520. The fraction of sp³-hybridized carbons (Fsp3) is 0.333. The number of para-hydroxylation sites is 1. The number of methoxy groups -OCH3 is 1. The van der Waals surface area contributed by atoms with Gasteiger partial charge in [0.05, 0.1) is 34.3 Å². The normalized spacial score (nSPS) is 23.0. The number of hydrogen-bond acceptors (Lipinski definition) is 7. The third-order valence-corrected chi connectivity index (χ3v) is 10.2. The molecule has 0 bridgehead atoms. The van der Waals surface area contributed by atoms with E-state index < -0.39 is 19.0 Å². The van der Waals surface area contributed by atoms with Crippen molar-refractivity contribution < 1.29 is 29.1 Å². The summed E-state index contributed by atoms with van der Waals surface area (Å²) in [5.41, 5.74) is 6.66. The average molecular weight is 732 g/mol. The number of anilines is 3. The van der Waals surface area contributed by atoms with E-state index in [0.717, 1.165) is 40.1 Å². The number of rotatable bonds is 9. The zero-order valence-corrected chi connectivity index (χ0v) is 28.4. The molecule has 6 rings (SSSR count). The number of fused-ring (bicyclic) bond motifs is 3. The highest BCUT2D eigenvalue weighted by Gasteiger charge is 2.57. The number of ether oxygens (including phenoxy) is 1. The molecule has 1 aliphatic carbocycles. The van der Waals surface area contributed by atoms with Crippen LogP contribution in [0.25, 0.3) is 6.08 Å². The van der Waals surface area contributed by atoms with Gasteiger partial charge in [0.2, 0.25) is 11.8 Å². The number of nitrogens with zero attached hydrogens (tertiary/aromatic N) is 1. The Bertz CT molecular complexity index is 1690. The van der Waals surface area contributed by atoms with Crippen LogP contribution in [0, 0.1) is 21.3 Å². The number of phenolic OH excluding ortho intramolecular Hbond substituents is 1. The van der Waals surface area contributed by atoms with Gasteiger partial charge in [-0.15, -0.1) is 0 Å². The van der Waals surface area contributed by atoms with E-state index in [0.29, 0.717) is 40.6 Å². The topological polar surface area (TPSA) is 108 Å². The molecule has 2 fully saturated rings. The molecule has 8 nitrogen and oxygen atoms in total. The molecule has 2 heterocycles. The predicted octanol–water partition coefficient (Wildman–Crippen LogP) is 7.34. The standard InChI is InChI=1S/C36H38BIN2O6/c1-4-23-19-27-33(36(43)40(35(27)42)26-13-11-25(12-14-26)39-24-8-6-5-7-9-24)28-20-37(44)46-30(32(23)28)15-10-21(2)16-22-17-29(38)34(41)31(18-22)45-3/h5-9,11-14,16-18,27-28,30,33,39,41,44H,4,10,15,19-20H2,1-3H3/b21-16+/t27-,28+,30-,33-/m1/s1. The molecule has 0 spiro atoms. The van der Waals surface area contributed by atoms with Crippen molar-refractivity contribution in [2.75, 3.05) is 17.3 Å². The number of allylic oxidation sites excluding steroid dienone is 2. The molecule has 46 heavy (non-hydrogen) atoms. The van der Waals surface area contributed by atoms with Gasteiger partial charge in [0, 0.05) is 11.4 Å². The molecule has 2 aliphatic heterocycles. The van der Waals surface area contributed by atoms with Crippen LogP contribution >= 0.6 is 22.6 Å². The van der Waals surface area contributed by atoms with E-state index in [1.165, 1.54) is 12.0 Å². The zero-order valence-electron chi connectivity index (χ0n) is 26.2. The SMILES string of the molecule is CCC1=C2[C@@H](CC/C(C)=C/c3cc(I)c(O)c(OC)c3)OB(O)C[C@@H]2[C@@H]2C(=O)N(c3ccc(Nc4ccccc4)cc3)C(=O)[C@@H]2C1. The minimum atomic E-state index is -1.01. The van der Waals surface area contributed by atoms with Crippen molar-refractivity contribution in [3.63, 3.8) is 0 Å². The van der Waals surface area contributed by atoms with Gasteiger partial charge in [0.1, 0.15) is 0 Å². The maximum Gasteiger partial charge on any atom is 0.455 e. The Labute approximate surface area is 283 Å². The molecule has 0 unspecified atom stereocenters. The molecule has 10 heteroatoms. The van der Waals surface area contributed by atoms with Crippen LogP contribution in [0.1, 0.15) is 45.1 Å². The Balaban J connectivity index is 1.21. The van der Waals surface area contributed by atoms with Crippen LogP contribution in [-0.4, -0.2) is 42.3 Å². The van der Waals surface area contributed by atoms with Crippen molar-refractivity contribution in [1.29, 1.82) is 0 Å². The second-order valence-electron chi connectivity index (χ2n) is 12.3. The van der Waals surface area contributed by atoms with Crippen LogP contribution in [0.3, 0.4) is 0 Å². The summed E-state index contributed by atoms with van der Waals surface area (Å²) in [6.45, 7) is 4.14. The Morgan fingerprint density at radius 2 is 1.80 bits per heavy atom. The van der Waals surface area contributed by atoms with Crippen LogP contribution in [0.2, 0.25) is 6.32 Å². The first-order chi connectivity index (χ1) is 22.2. The molecular weight excluding hydrogens is 694 g/mol. The van der Waals surface area contributed by atoms with Crippen molar-refractivity contribution in [1.82, 2.24) is 0 Å². The van der Waals surface area contributed by atoms with Gasteiger partial charge < -0.3 is 24.8 Å². The van der Waals surface area contributed by atoms with Crippen molar-refractivity contribution in [2.24, 2.45) is 17.8 Å². The highest BCUT2D eigenvalue weighted by Crippen LogP contribution is 2.52. The number of hydrogen-bond donors (Lipinski definition) is 3. The lowest BCUT2D eigenvalue weighted by Crippen LogP contribution is -2.46. The lowest BCUT2D eigenvalue weighted by Gasteiger charge is -2.43. The second kappa shape index (κ2) is 13.6. The number of amides is 2. The molecule has 3 aromatic rings. The minimum Gasteiger partial charge on any atom is -0.504 e. The van der Waals surface area contributed by atoms with E-state index in [1.54, 1.807) is 6.07 Å². The monoisotopic (exact) mass is 732 g/mol. The summed E-state index contributed by atoms with van der Waals surface area (Å²) in [6, 6.07) is 20.9. The summed E-state index contributed by atoms with van der Waals surface area (Å²) in [6.07, 6.45) is 4.64. The van der Waals surface area contributed by atoms with Gasteiger partial charge in [0.25, 0.3) is 0 Å². The van der Waals surface area contributed by atoms with E-state index in [2.05, 4.69) is 40.9 Å². The van der Waals surface area contributed by atoms with Gasteiger partial charge in [-0.3, -0.25) is 14.5 Å². The first-order valence-corrected chi connectivity index (χ1v) is 16.8. The summed E-state index contributed by atoms with van der Waals surface area (Å²) < 4.78 is 12.2. The van der Waals surface area contributed by atoms with Crippen molar-refractivity contribution >= 4 is 64.7 Å². The number of halogens is 1. The molecule has 2 saturated heterocycles. The largest absolute Gasteiger partial charge is 0.504 e. The third-order valence-electron chi connectivity index (χ3n) is 9.41. The van der Waals surface area contributed by atoms with Gasteiger partial charge in [0.15, 0.2) is 11.5 Å². The molecule has 3 N–H and O–H groups in total. The number of carbonyl (C=O) groups excluding carboxylic acids is 2. The summed E-state index contributed by atoms with van der Waals surface area (Å²) in [5, 5.41) is 24.4. The lowest BCUT2D eigenvalue weighted by atomic mass is 9.58. The molecule has 0 saturated carbocycles. The number of benzene rings is 3. The Hall–Kier alpha value is -3.61. The summed E-state index contributed by atoms with van der Waals surface area (Å²) >= 11 is 2.09. The molecule has 3 aromatic carbocycles. The van der Waals surface area contributed by atoms with Gasteiger partial charge in [-0.05, 0) is 127 Å². The molecular formula is C36H38BIN2O6. The third kappa shape index (κ3) is 6.35. The highest BCUT2D eigenvalue weighted by atomic mass is 127. The summed E-state index contributed by atoms with van der Waals surface area (Å²) in [5.74, 6) is -1.04. The quantitative estimate of drug-likeness (QED) is 0.0915. The van der Waals surface area contributed by atoms with Crippen LogP contribution in [0.15, 0.2) is 83.4 Å². The van der Waals surface area contributed by atoms with E-state index in [4.69, 9.17) is 9.39 Å². The van der Waals surface area contributed by atoms with Crippen molar-refractivity contribution in [2.45, 2.75) is 52.0 Å². The van der Waals surface area contributed by atoms with Gasteiger partial charge in [-0.2, -0.15) is 0 Å². The van der Waals surface area contributed by atoms with Crippen LogP contribution in [-0.2, 0) is 14.2 Å². The predicted molar refractivity (Wildman–Crippen MR) is 189 cm³/mol. The number of aromatic hydroxyl groups is 1. The van der Waals surface area contributed by atoms with Gasteiger partial charge in [-0.1, -0.05) is 42.3 Å². The maximum atomic E-state index is 14.1. The average Bonchev–Trinajstić information content (AvgIpc) is 3.30. The zero-order chi connectivity index (χ0) is 32.5. The Morgan fingerprint density at radius 3 is 2.50 bits per heavy atom. The van der Waals surface area contributed by atoms with E-state index >= 15 is 0 Å². The molecule has 3 aliphatic rings. The molecule has 4 atom stereocenters. The maximum absolute atomic E-state index is 14.1. The van der Waals surface area contributed by atoms with Crippen LogP contribution < -0.4 is 15.0 Å². The molecule has 0 aromatic heterocycles. The first-order valence-electron chi connectivity index (χ1n) is 15.8. The van der Waals surface area contributed by atoms with Crippen molar-refractivity contribution in [3.8, 4) is 11.5 Å². The fourth-order valence-corrected chi connectivity index (χ4v) is 7.91. The summed E-state index contributed by atoms with van der Waals surface area (Å²) in [4.78, 5) is 29.3. The number of phenols is 1. The fourth-order valence-electron chi connectivity index (χ4n) is 7.29. The van der Waals surface area contributed by atoms with Crippen LogP contribution in [0.4, 0.5) is 17.1 Å². The number of carbonyl (C=O) groups is 2. The number of imide groups is 1. The smallest absolute Gasteiger partial charge is 0.455 e. The minimum absolute atomic E-state index is 0.124. The molecule has 0 radical (unpaired) electrons. The van der Waals surface area contributed by atoms with Crippen LogP contribution in [0.5, 0.6) is 11.5 Å². The Morgan fingerprint density at radius 1 is 1.09 bits per heavy atom. The highest BCUT2D eigenvalue weighted by molar-refractivity contribution is 14.1. The molecule has 2 amide bonds. The Kier molecular flexibility index (Phi) is 9.58. The van der Waals surface area contributed by atoms with Gasteiger partial charge in [-0.25, -0.2) is 0 Å². The first kappa shape index (κ1) is 32.3. The molecule has 238 valence electrons. The van der Waals surface area contributed by atoms with E-state index in [9.17, 15) is 19.7 Å². The second-order valence-corrected chi connectivity index (χ2v) is 13.5. The van der Waals surface area contributed by atoms with E-state index in [1.807, 2.05) is 67.6 Å². The van der Waals surface area contributed by atoms with Gasteiger partial charge >= 0.3 is 7.12 Å². The number of nitrogens with one attached hydrogen (secondary N) is 1.